The van der Waals surface area contributed by atoms with Crippen molar-refractivity contribution in [3.63, 3.8) is 0 Å². The van der Waals surface area contributed by atoms with E-state index in [0.717, 1.165) is 51.5 Å². The Kier molecular flexibility index (Phi) is 8.81. The minimum atomic E-state index is -2.87. The van der Waals surface area contributed by atoms with Gasteiger partial charge in [0.15, 0.2) is 0 Å². The molecule has 42 heavy (non-hydrogen) atoms. The monoisotopic (exact) mass is 586 g/mol. The van der Waals surface area contributed by atoms with E-state index in [2.05, 4.69) is 32.2 Å². The molecular formula is C29H37F3N8O2. The molecular weight excluding hydrogens is 549 g/mol. The number of rotatable bonds is 10. The summed E-state index contributed by atoms with van der Waals surface area (Å²) < 4.78 is 47.7. The van der Waals surface area contributed by atoms with Gasteiger partial charge < -0.3 is 25.9 Å². The predicted octanol–water partition coefficient (Wildman–Crippen LogP) is 3.45. The molecule has 0 amide bonds. The van der Waals surface area contributed by atoms with E-state index in [1.54, 1.807) is 6.07 Å². The molecule has 3 aromatic rings. The van der Waals surface area contributed by atoms with Crippen molar-refractivity contribution in [2.45, 2.75) is 57.8 Å². The molecule has 2 saturated heterocycles. The zero-order chi connectivity index (χ0) is 30.0. The highest BCUT2D eigenvalue weighted by Crippen LogP contribution is 2.32. The van der Waals surface area contributed by atoms with E-state index in [9.17, 15) is 18.3 Å². The number of hydrazone groups is 1. The van der Waals surface area contributed by atoms with Gasteiger partial charge in [-0.1, -0.05) is 0 Å². The smallest absolute Gasteiger partial charge is 0.320 e. The summed E-state index contributed by atoms with van der Waals surface area (Å²) in [7, 11) is 0. The van der Waals surface area contributed by atoms with Crippen LogP contribution in [0, 0.1) is 11.7 Å². The maximum atomic E-state index is 13.8. The number of halogens is 3. The number of imidazole rings is 1. The third-order valence-electron chi connectivity index (χ3n) is 8.21. The first-order chi connectivity index (χ1) is 20.1. The lowest BCUT2D eigenvalue weighted by molar-refractivity contribution is 0.00393. The number of hydrogen-bond acceptors (Lipinski definition) is 9. The number of nitrogens with zero attached hydrogens (tertiary/aromatic N) is 6. The fraction of sp³-hybridized carbons (Fsp3) is 0.517. The number of nitrogens with one attached hydrogen (secondary N) is 1. The van der Waals surface area contributed by atoms with E-state index < -0.39 is 18.0 Å². The highest BCUT2D eigenvalue weighted by Gasteiger charge is 2.30. The van der Waals surface area contributed by atoms with Gasteiger partial charge in [-0.05, 0) is 63.8 Å². The van der Waals surface area contributed by atoms with Gasteiger partial charge in [0.05, 0.1) is 29.2 Å². The van der Waals surface area contributed by atoms with Gasteiger partial charge in [0.2, 0.25) is 0 Å². The molecule has 0 bridgehead atoms. The van der Waals surface area contributed by atoms with Crippen molar-refractivity contribution in [3.05, 3.63) is 53.9 Å². The normalized spacial score (nSPS) is 22.4. The molecule has 3 atom stereocenters. The number of pyridine rings is 1. The Labute approximate surface area is 242 Å². The van der Waals surface area contributed by atoms with Gasteiger partial charge in [-0.3, -0.25) is 14.5 Å². The van der Waals surface area contributed by atoms with Crippen molar-refractivity contribution in [1.29, 1.82) is 0 Å². The molecule has 0 aliphatic carbocycles. The topological polar surface area (TPSA) is 126 Å². The van der Waals surface area contributed by atoms with Crippen molar-refractivity contribution in [3.8, 4) is 5.75 Å². The first-order valence-corrected chi connectivity index (χ1v) is 14.1. The maximum Gasteiger partial charge on any atom is 0.320 e. The standard InChI is InChI=1S/C29H37F3N8O2/c1-17-20(12-34-17)14-39-8-6-22(7-9-39)37-18(2)26(38-33)19-10-23-27(40(16-36-23)28(31)32)24(11-19)42-15-29(3,41)25-5-4-21(30)13-35-25/h4-5,10-11,13,16-17,20,22,28,34,41H,6-9,12,14-15,33H2,1-3H3/b37-18?,38-26+. The van der Waals surface area contributed by atoms with Crippen molar-refractivity contribution >= 4 is 22.5 Å². The van der Waals surface area contributed by atoms with Crippen LogP contribution in [0.3, 0.4) is 0 Å². The SMILES string of the molecule is CC(=NC1CCN(CC2CNC2C)CC1)/C(=N\N)c1cc(OCC(C)(O)c2ccc(F)cn2)c2c(c1)ncn2C(F)F. The fourth-order valence-corrected chi connectivity index (χ4v) is 5.53. The zero-order valence-corrected chi connectivity index (χ0v) is 24.0. The van der Waals surface area contributed by atoms with E-state index in [-0.39, 0.29) is 35.1 Å². The van der Waals surface area contributed by atoms with Crippen LogP contribution >= 0.6 is 0 Å². The molecule has 10 nitrogen and oxygen atoms in total. The number of aliphatic imine (C=N–C) groups is 1. The molecule has 4 heterocycles. The van der Waals surface area contributed by atoms with Gasteiger partial charge in [-0.15, -0.1) is 0 Å². The van der Waals surface area contributed by atoms with E-state index in [0.29, 0.717) is 33.5 Å². The molecule has 13 heteroatoms. The van der Waals surface area contributed by atoms with Crippen molar-refractivity contribution in [1.82, 2.24) is 24.8 Å². The van der Waals surface area contributed by atoms with Gasteiger partial charge in [0.25, 0.3) is 0 Å². The molecule has 2 fully saturated rings. The molecule has 2 aliphatic rings. The number of piperidine rings is 1. The number of aliphatic hydroxyl groups is 1. The number of fused-ring (bicyclic) bond motifs is 1. The van der Waals surface area contributed by atoms with Crippen LogP contribution < -0.4 is 15.9 Å². The summed E-state index contributed by atoms with van der Waals surface area (Å²) in [4.78, 5) is 15.5. The molecule has 5 rings (SSSR count). The van der Waals surface area contributed by atoms with Crippen LogP contribution in [0.25, 0.3) is 11.0 Å². The summed E-state index contributed by atoms with van der Waals surface area (Å²) in [6, 6.07) is 6.34. The second-order valence-electron chi connectivity index (χ2n) is 11.4. The third-order valence-corrected chi connectivity index (χ3v) is 8.21. The number of alkyl halides is 2. The molecule has 2 aromatic heterocycles. The molecule has 1 aromatic carbocycles. The molecule has 4 N–H and O–H groups in total. The number of likely N-dealkylation sites (tertiary alicyclic amines) is 1. The number of hydrogen-bond donors (Lipinski definition) is 3. The van der Waals surface area contributed by atoms with Crippen LogP contribution in [0.4, 0.5) is 13.2 Å². The Bertz CT molecular complexity index is 1450. The summed E-state index contributed by atoms with van der Waals surface area (Å²) >= 11 is 0. The Balaban J connectivity index is 1.36. The lowest BCUT2D eigenvalue weighted by Crippen LogP contribution is -2.56. The van der Waals surface area contributed by atoms with E-state index >= 15 is 0 Å². The van der Waals surface area contributed by atoms with Gasteiger partial charge in [0.1, 0.15) is 41.3 Å². The summed E-state index contributed by atoms with van der Waals surface area (Å²) in [6.07, 6.45) is 3.85. The average Bonchev–Trinajstić information content (AvgIpc) is 3.40. The van der Waals surface area contributed by atoms with Gasteiger partial charge >= 0.3 is 6.55 Å². The number of ether oxygens (including phenoxy) is 1. The van der Waals surface area contributed by atoms with Gasteiger partial charge in [0, 0.05) is 37.8 Å². The average molecular weight is 587 g/mol. The highest BCUT2D eigenvalue weighted by molar-refractivity contribution is 6.47. The lowest BCUT2D eigenvalue weighted by atomic mass is 9.91. The Morgan fingerprint density at radius 2 is 2.02 bits per heavy atom. The molecule has 3 unspecified atom stereocenters. The summed E-state index contributed by atoms with van der Waals surface area (Å²) in [5.41, 5.74) is 0.303. The second kappa shape index (κ2) is 12.4. The number of nitrogens with two attached hydrogens (primary N) is 1. The van der Waals surface area contributed by atoms with Crippen LogP contribution in [0.15, 0.2) is 46.9 Å². The Morgan fingerprint density at radius 1 is 1.26 bits per heavy atom. The summed E-state index contributed by atoms with van der Waals surface area (Å²) in [5, 5.41) is 18.4. The predicted molar refractivity (Wildman–Crippen MR) is 154 cm³/mol. The largest absolute Gasteiger partial charge is 0.488 e. The lowest BCUT2D eigenvalue weighted by Gasteiger charge is -2.41. The number of aromatic nitrogens is 3. The van der Waals surface area contributed by atoms with E-state index in [1.165, 1.54) is 25.1 Å². The summed E-state index contributed by atoms with van der Waals surface area (Å²) in [5.74, 6) is 6.01. The van der Waals surface area contributed by atoms with Crippen molar-refractivity contribution in [2.75, 3.05) is 32.8 Å². The molecule has 0 spiro atoms. The van der Waals surface area contributed by atoms with Crippen LogP contribution in [0.2, 0.25) is 0 Å². The van der Waals surface area contributed by atoms with Crippen molar-refractivity contribution < 1.29 is 23.0 Å². The summed E-state index contributed by atoms with van der Waals surface area (Å²) in [6.45, 7) is 6.37. The van der Waals surface area contributed by atoms with Crippen molar-refractivity contribution in [2.24, 2.45) is 21.9 Å². The van der Waals surface area contributed by atoms with E-state index in [4.69, 9.17) is 15.6 Å². The Hall–Kier alpha value is -3.55. The zero-order valence-electron chi connectivity index (χ0n) is 24.0. The molecule has 0 saturated carbocycles. The molecule has 2 aliphatic heterocycles. The van der Waals surface area contributed by atoms with E-state index in [1.807, 2.05) is 6.92 Å². The number of benzene rings is 1. The minimum absolute atomic E-state index is 0.0460. The van der Waals surface area contributed by atoms with Crippen LogP contribution in [0.5, 0.6) is 5.75 Å². The quantitative estimate of drug-likeness (QED) is 0.189. The molecule has 226 valence electrons. The first kappa shape index (κ1) is 29.9. The maximum absolute atomic E-state index is 13.8. The first-order valence-electron chi connectivity index (χ1n) is 14.1. The van der Waals surface area contributed by atoms with Crippen LogP contribution in [0.1, 0.15) is 51.4 Å². The molecule has 0 radical (unpaired) electrons. The van der Waals surface area contributed by atoms with Crippen LogP contribution in [-0.2, 0) is 5.60 Å². The minimum Gasteiger partial charge on any atom is -0.488 e. The second-order valence-corrected chi connectivity index (χ2v) is 11.4. The fourth-order valence-electron chi connectivity index (χ4n) is 5.53. The van der Waals surface area contributed by atoms with Gasteiger partial charge in [-0.25, -0.2) is 9.37 Å². The Morgan fingerprint density at radius 3 is 2.62 bits per heavy atom. The van der Waals surface area contributed by atoms with Gasteiger partial charge in [-0.2, -0.15) is 13.9 Å². The third kappa shape index (κ3) is 6.42. The van der Waals surface area contributed by atoms with Crippen LogP contribution in [-0.4, -0.2) is 80.8 Å². The highest BCUT2D eigenvalue weighted by atomic mass is 19.3.